The topological polar surface area (TPSA) is 29.1 Å². The van der Waals surface area contributed by atoms with Crippen LogP contribution < -0.4 is 10.6 Å². The molecule has 1 rings (SSSR count). The van der Waals surface area contributed by atoms with Gasteiger partial charge in [0.25, 0.3) is 0 Å². The normalized spacial score (nSPS) is 10.2. The second-order valence-electron chi connectivity index (χ2n) is 2.46. The highest BCUT2D eigenvalue weighted by Gasteiger charge is 1.93. The smallest absolute Gasteiger partial charge is 0.243 e. The average molecular weight is 193 g/mol. The summed E-state index contributed by atoms with van der Waals surface area (Å²) in [7, 11) is 0.621. The minimum absolute atomic E-state index is 0.108. The van der Waals surface area contributed by atoms with Gasteiger partial charge in [-0.15, -0.1) is 0 Å². The van der Waals surface area contributed by atoms with E-state index in [1.807, 2.05) is 18.2 Å². The fourth-order valence-electron chi connectivity index (χ4n) is 0.862. The molecule has 13 heavy (non-hydrogen) atoms. The molecule has 0 bridgehead atoms. The Hall–Kier alpha value is -1.14. The molecule has 2 nitrogen and oxygen atoms in total. The van der Waals surface area contributed by atoms with Crippen molar-refractivity contribution in [1.82, 2.24) is 5.32 Å². The molecule has 68 valence electrons. The Morgan fingerprint density at radius 3 is 2.77 bits per heavy atom. The molecule has 0 aromatic heterocycles. The highest BCUT2D eigenvalue weighted by Crippen LogP contribution is 2.06. The molecule has 0 aliphatic rings. The number of carbonyl (C=O) groups excluding carboxylic acids is 1. The number of rotatable bonds is 4. The van der Waals surface area contributed by atoms with Gasteiger partial charge in [-0.25, -0.2) is 0 Å². The number of amides is 1. The predicted octanol–water partition coefficient (Wildman–Crippen LogP) is 1.25. The first-order chi connectivity index (χ1) is 6.33. The standard InChI is InChI=1S/C10H12NOP/c1-2-10(12)11-8-13-9-6-4-3-5-7-9/h2-7,13H,1,8H2,(H,11,12). The van der Waals surface area contributed by atoms with Gasteiger partial charge in [-0.2, -0.15) is 0 Å². The van der Waals surface area contributed by atoms with Crippen LogP contribution in [0.15, 0.2) is 43.0 Å². The van der Waals surface area contributed by atoms with Crippen molar-refractivity contribution >= 4 is 19.8 Å². The zero-order valence-electron chi connectivity index (χ0n) is 7.29. The zero-order chi connectivity index (χ0) is 9.52. The third-order valence-electron chi connectivity index (χ3n) is 1.51. The Kier molecular flexibility index (Phi) is 4.20. The summed E-state index contributed by atoms with van der Waals surface area (Å²) in [4.78, 5) is 10.8. The molecular formula is C10H12NOP. The maximum absolute atomic E-state index is 10.8. The first-order valence-electron chi connectivity index (χ1n) is 4.02. The number of carbonyl (C=O) groups is 1. The van der Waals surface area contributed by atoms with Crippen LogP contribution >= 0.6 is 8.58 Å². The molecule has 0 aliphatic carbocycles. The van der Waals surface area contributed by atoms with Gasteiger partial charge in [0.05, 0.1) is 0 Å². The molecule has 0 aliphatic heterocycles. The van der Waals surface area contributed by atoms with Crippen LogP contribution in [-0.4, -0.2) is 12.2 Å². The molecule has 1 aromatic rings. The lowest BCUT2D eigenvalue weighted by molar-refractivity contribution is -0.116. The maximum Gasteiger partial charge on any atom is 0.243 e. The van der Waals surface area contributed by atoms with E-state index in [0.717, 1.165) is 0 Å². The molecule has 0 saturated heterocycles. The lowest BCUT2D eigenvalue weighted by atomic mass is 10.4. The van der Waals surface area contributed by atoms with Gasteiger partial charge in [0.15, 0.2) is 0 Å². The largest absolute Gasteiger partial charge is 0.349 e. The molecule has 1 amide bonds. The van der Waals surface area contributed by atoms with Crippen LogP contribution in [-0.2, 0) is 4.79 Å². The molecule has 1 N–H and O–H groups in total. The van der Waals surface area contributed by atoms with Crippen LogP contribution in [0, 0.1) is 0 Å². The highest BCUT2D eigenvalue weighted by atomic mass is 31.1. The summed E-state index contributed by atoms with van der Waals surface area (Å²) < 4.78 is 0. The highest BCUT2D eigenvalue weighted by molar-refractivity contribution is 7.47. The van der Waals surface area contributed by atoms with Crippen LogP contribution in [0.1, 0.15) is 0 Å². The predicted molar refractivity (Wildman–Crippen MR) is 57.6 cm³/mol. The van der Waals surface area contributed by atoms with Crippen LogP contribution in [0.5, 0.6) is 0 Å². The van der Waals surface area contributed by atoms with Gasteiger partial charge in [-0.3, -0.25) is 4.79 Å². The Balaban J connectivity index is 2.28. The van der Waals surface area contributed by atoms with E-state index in [1.54, 1.807) is 0 Å². The molecule has 0 radical (unpaired) electrons. The van der Waals surface area contributed by atoms with E-state index in [0.29, 0.717) is 14.9 Å². The van der Waals surface area contributed by atoms with Crippen molar-refractivity contribution in [3.05, 3.63) is 43.0 Å². The van der Waals surface area contributed by atoms with E-state index in [4.69, 9.17) is 0 Å². The Morgan fingerprint density at radius 1 is 1.46 bits per heavy atom. The number of nitrogens with one attached hydrogen (secondary N) is 1. The molecule has 1 atom stereocenters. The SMILES string of the molecule is C=CC(=O)NCPc1ccccc1. The van der Waals surface area contributed by atoms with Gasteiger partial charge in [0, 0.05) is 6.29 Å². The number of hydrogen-bond donors (Lipinski definition) is 1. The van der Waals surface area contributed by atoms with Crippen molar-refractivity contribution < 1.29 is 4.79 Å². The minimum Gasteiger partial charge on any atom is -0.349 e. The summed E-state index contributed by atoms with van der Waals surface area (Å²) in [5.41, 5.74) is 0. The Bertz CT molecular complexity index is 284. The molecule has 0 spiro atoms. The molecule has 0 heterocycles. The lowest BCUT2D eigenvalue weighted by Crippen LogP contribution is -2.20. The van der Waals surface area contributed by atoms with Gasteiger partial charge >= 0.3 is 0 Å². The average Bonchev–Trinajstić information content (AvgIpc) is 2.19. The monoisotopic (exact) mass is 193 g/mol. The molecule has 0 fully saturated rings. The number of hydrogen-bond acceptors (Lipinski definition) is 1. The zero-order valence-corrected chi connectivity index (χ0v) is 8.29. The van der Waals surface area contributed by atoms with Crippen molar-refractivity contribution in [2.45, 2.75) is 0 Å². The fraction of sp³-hybridized carbons (Fsp3) is 0.100. The van der Waals surface area contributed by atoms with Crippen molar-refractivity contribution in [3.63, 3.8) is 0 Å². The van der Waals surface area contributed by atoms with Crippen molar-refractivity contribution in [2.24, 2.45) is 0 Å². The van der Waals surface area contributed by atoms with Gasteiger partial charge < -0.3 is 5.32 Å². The molecule has 0 saturated carbocycles. The third kappa shape index (κ3) is 3.86. The van der Waals surface area contributed by atoms with Gasteiger partial charge in [0.1, 0.15) is 0 Å². The maximum atomic E-state index is 10.8. The molecule has 1 unspecified atom stereocenters. The first kappa shape index (κ1) is 9.94. The first-order valence-corrected chi connectivity index (χ1v) is 5.23. The summed E-state index contributed by atoms with van der Waals surface area (Å²) in [6.45, 7) is 3.38. The second kappa shape index (κ2) is 5.50. The Labute approximate surface area is 79.8 Å². The minimum atomic E-state index is -0.108. The summed E-state index contributed by atoms with van der Waals surface area (Å²) in [5, 5.41) is 3.99. The van der Waals surface area contributed by atoms with Crippen LogP contribution in [0.2, 0.25) is 0 Å². The van der Waals surface area contributed by atoms with E-state index in [9.17, 15) is 4.79 Å². The van der Waals surface area contributed by atoms with E-state index in [-0.39, 0.29) is 5.91 Å². The van der Waals surface area contributed by atoms with E-state index >= 15 is 0 Å². The summed E-state index contributed by atoms with van der Waals surface area (Å²) in [6, 6.07) is 10.1. The quantitative estimate of drug-likeness (QED) is 0.566. The summed E-state index contributed by atoms with van der Waals surface area (Å²) >= 11 is 0. The Morgan fingerprint density at radius 2 is 2.15 bits per heavy atom. The van der Waals surface area contributed by atoms with Crippen molar-refractivity contribution in [2.75, 3.05) is 6.29 Å². The van der Waals surface area contributed by atoms with Crippen LogP contribution in [0.3, 0.4) is 0 Å². The van der Waals surface area contributed by atoms with Crippen LogP contribution in [0.25, 0.3) is 0 Å². The molecule has 3 heteroatoms. The van der Waals surface area contributed by atoms with Crippen molar-refractivity contribution in [1.29, 1.82) is 0 Å². The second-order valence-corrected chi connectivity index (χ2v) is 3.75. The van der Waals surface area contributed by atoms with Gasteiger partial charge in [0.2, 0.25) is 5.91 Å². The van der Waals surface area contributed by atoms with Gasteiger partial charge in [-0.1, -0.05) is 45.5 Å². The molecular weight excluding hydrogens is 181 g/mol. The van der Waals surface area contributed by atoms with E-state index in [1.165, 1.54) is 11.4 Å². The van der Waals surface area contributed by atoms with E-state index in [2.05, 4.69) is 24.0 Å². The lowest BCUT2D eigenvalue weighted by Gasteiger charge is -2.01. The van der Waals surface area contributed by atoms with Gasteiger partial charge in [-0.05, 0) is 11.4 Å². The van der Waals surface area contributed by atoms with Crippen molar-refractivity contribution in [3.8, 4) is 0 Å². The summed E-state index contributed by atoms with van der Waals surface area (Å²) in [5.74, 6) is -0.108. The van der Waals surface area contributed by atoms with E-state index < -0.39 is 0 Å². The summed E-state index contributed by atoms with van der Waals surface area (Å²) in [6.07, 6.45) is 1.98. The third-order valence-corrected chi connectivity index (χ3v) is 2.61. The van der Waals surface area contributed by atoms with Crippen LogP contribution in [0.4, 0.5) is 0 Å². The number of benzene rings is 1. The fourth-order valence-corrected chi connectivity index (χ4v) is 1.76. The molecule has 1 aromatic carbocycles.